The van der Waals surface area contributed by atoms with Gasteiger partial charge in [0.1, 0.15) is 5.82 Å². The number of aryl methyl sites for hydroxylation is 1. The maximum absolute atomic E-state index is 12.7. The zero-order valence-corrected chi connectivity index (χ0v) is 18.2. The summed E-state index contributed by atoms with van der Waals surface area (Å²) in [6.07, 6.45) is 1.99. The molecule has 0 aliphatic carbocycles. The molecule has 1 N–H and O–H groups in total. The number of anilines is 1. The average molecular weight is 447 g/mol. The monoisotopic (exact) mass is 446 g/mol. The normalized spacial score (nSPS) is 16.0. The summed E-state index contributed by atoms with van der Waals surface area (Å²) in [7, 11) is -1.45. The lowest BCUT2D eigenvalue weighted by molar-refractivity contribution is 0.0954. The van der Waals surface area contributed by atoms with E-state index in [9.17, 15) is 13.2 Å². The van der Waals surface area contributed by atoms with Gasteiger partial charge in [-0.15, -0.1) is 0 Å². The number of hydrogen-bond donors (Lipinski definition) is 1. The summed E-state index contributed by atoms with van der Waals surface area (Å²) >= 11 is 6.25. The number of fused-ring (bicyclic) bond motifs is 1. The maximum atomic E-state index is 12.7. The molecule has 0 radical (unpaired) electrons. The van der Waals surface area contributed by atoms with Gasteiger partial charge in [-0.25, -0.2) is 13.4 Å². The number of carbonyl (C=O) groups excluding carboxylic acids is 1. The van der Waals surface area contributed by atoms with Gasteiger partial charge in [0.15, 0.2) is 0 Å². The predicted molar refractivity (Wildman–Crippen MR) is 119 cm³/mol. The Labute approximate surface area is 180 Å². The van der Waals surface area contributed by atoms with E-state index in [0.717, 1.165) is 23.3 Å². The van der Waals surface area contributed by atoms with Crippen LogP contribution in [0.3, 0.4) is 0 Å². The third-order valence-corrected chi connectivity index (χ3v) is 7.52. The van der Waals surface area contributed by atoms with Crippen molar-refractivity contribution in [1.29, 1.82) is 0 Å². The van der Waals surface area contributed by atoms with Crippen molar-refractivity contribution in [3.8, 4) is 0 Å². The van der Waals surface area contributed by atoms with Crippen LogP contribution in [0.15, 0.2) is 42.5 Å². The van der Waals surface area contributed by atoms with Gasteiger partial charge < -0.3 is 9.88 Å². The van der Waals surface area contributed by atoms with Crippen LogP contribution in [0.2, 0.25) is 5.02 Å². The van der Waals surface area contributed by atoms with E-state index in [-0.39, 0.29) is 11.7 Å². The third-order valence-electron chi connectivity index (χ3n) is 5.34. The molecular formula is C21H23ClN4O3S. The first kappa shape index (κ1) is 20.7. The largest absolute Gasteiger partial charge is 0.352 e. The van der Waals surface area contributed by atoms with Crippen molar-refractivity contribution in [2.45, 2.75) is 19.3 Å². The van der Waals surface area contributed by atoms with Crippen LogP contribution < -0.4 is 9.62 Å². The zero-order valence-electron chi connectivity index (χ0n) is 16.6. The Kier molecular flexibility index (Phi) is 5.71. The molecule has 2 heterocycles. The molecule has 2 aromatic carbocycles. The van der Waals surface area contributed by atoms with E-state index in [1.54, 1.807) is 18.2 Å². The fraction of sp³-hybridized carbons (Fsp3) is 0.333. The minimum atomic E-state index is -3.41. The summed E-state index contributed by atoms with van der Waals surface area (Å²) in [6.45, 7) is 0.788. The molecule has 4 rings (SSSR count). The standard InChI is InChI=1S/C21H23ClN4O3S/c1-25-18-7-3-2-6-17(18)24-20(25)10-11-23-21(27)15-8-9-16(22)19(14-15)26-12-4-5-13-30(26,28)29/h2-3,6-9,14H,4-5,10-13H2,1H3,(H,23,27). The number of carbonyl (C=O) groups is 1. The van der Waals surface area contributed by atoms with Crippen molar-refractivity contribution in [1.82, 2.24) is 14.9 Å². The Balaban J connectivity index is 1.46. The second-order valence-electron chi connectivity index (χ2n) is 7.34. The lowest BCUT2D eigenvalue weighted by Gasteiger charge is -2.29. The highest BCUT2D eigenvalue weighted by Crippen LogP contribution is 2.31. The van der Waals surface area contributed by atoms with E-state index >= 15 is 0 Å². The smallest absolute Gasteiger partial charge is 0.251 e. The highest BCUT2D eigenvalue weighted by atomic mass is 35.5. The van der Waals surface area contributed by atoms with Crippen LogP contribution >= 0.6 is 11.6 Å². The fourth-order valence-electron chi connectivity index (χ4n) is 3.71. The summed E-state index contributed by atoms with van der Waals surface area (Å²) in [6, 6.07) is 12.6. The summed E-state index contributed by atoms with van der Waals surface area (Å²) in [5, 5.41) is 3.20. The SMILES string of the molecule is Cn1c(CCNC(=O)c2ccc(Cl)c(N3CCCCS3(=O)=O)c2)nc2ccccc21. The molecule has 0 unspecified atom stereocenters. The van der Waals surface area contributed by atoms with E-state index in [4.69, 9.17) is 11.6 Å². The summed E-state index contributed by atoms with van der Waals surface area (Å²) in [5.41, 5.74) is 2.70. The van der Waals surface area contributed by atoms with Gasteiger partial charge in [-0.1, -0.05) is 23.7 Å². The first-order valence-corrected chi connectivity index (χ1v) is 11.8. The predicted octanol–water partition coefficient (Wildman–Crippen LogP) is 3.13. The molecule has 3 aromatic rings. The van der Waals surface area contributed by atoms with E-state index in [1.165, 1.54) is 4.31 Å². The Morgan fingerprint density at radius 2 is 2.00 bits per heavy atom. The second kappa shape index (κ2) is 8.28. The molecule has 7 nitrogen and oxygen atoms in total. The molecule has 1 saturated heterocycles. The van der Waals surface area contributed by atoms with E-state index in [0.29, 0.717) is 42.2 Å². The number of nitrogens with zero attached hydrogens (tertiary/aromatic N) is 3. The molecule has 0 saturated carbocycles. The molecule has 1 aromatic heterocycles. The van der Waals surface area contributed by atoms with Gasteiger partial charge in [-0.3, -0.25) is 9.10 Å². The van der Waals surface area contributed by atoms with Crippen LogP contribution in [-0.2, 0) is 23.5 Å². The van der Waals surface area contributed by atoms with Gasteiger partial charge in [0, 0.05) is 32.1 Å². The van der Waals surface area contributed by atoms with Crippen molar-refractivity contribution >= 4 is 44.3 Å². The Morgan fingerprint density at radius 1 is 1.20 bits per heavy atom. The minimum Gasteiger partial charge on any atom is -0.352 e. The third kappa shape index (κ3) is 4.02. The van der Waals surface area contributed by atoms with Gasteiger partial charge in [0.2, 0.25) is 10.0 Å². The summed E-state index contributed by atoms with van der Waals surface area (Å²) < 4.78 is 28.1. The van der Waals surface area contributed by atoms with Crippen molar-refractivity contribution in [3.63, 3.8) is 0 Å². The van der Waals surface area contributed by atoms with Gasteiger partial charge >= 0.3 is 0 Å². The van der Waals surface area contributed by atoms with Crippen LogP contribution in [0.1, 0.15) is 29.0 Å². The zero-order chi connectivity index (χ0) is 21.3. The molecule has 1 amide bonds. The number of para-hydroxylation sites is 2. The number of benzene rings is 2. The van der Waals surface area contributed by atoms with Crippen molar-refractivity contribution in [3.05, 3.63) is 58.9 Å². The van der Waals surface area contributed by atoms with E-state index in [2.05, 4.69) is 10.3 Å². The Bertz CT molecular complexity index is 1210. The molecule has 30 heavy (non-hydrogen) atoms. The molecule has 1 aliphatic rings. The van der Waals surface area contributed by atoms with Crippen LogP contribution in [-0.4, -0.2) is 42.7 Å². The number of hydrogen-bond acceptors (Lipinski definition) is 4. The highest BCUT2D eigenvalue weighted by molar-refractivity contribution is 7.92. The lowest BCUT2D eigenvalue weighted by atomic mass is 10.1. The summed E-state index contributed by atoms with van der Waals surface area (Å²) in [5.74, 6) is 0.700. The Hall–Kier alpha value is -2.58. The highest BCUT2D eigenvalue weighted by Gasteiger charge is 2.28. The minimum absolute atomic E-state index is 0.0950. The van der Waals surface area contributed by atoms with E-state index in [1.807, 2.05) is 35.9 Å². The average Bonchev–Trinajstić information content (AvgIpc) is 3.04. The molecule has 9 heteroatoms. The first-order valence-electron chi connectivity index (χ1n) is 9.85. The molecule has 0 atom stereocenters. The second-order valence-corrected chi connectivity index (χ2v) is 9.76. The fourth-order valence-corrected chi connectivity index (χ4v) is 5.63. The number of aromatic nitrogens is 2. The van der Waals surface area contributed by atoms with Crippen molar-refractivity contribution in [2.24, 2.45) is 7.05 Å². The molecule has 1 aliphatic heterocycles. The van der Waals surface area contributed by atoms with Gasteiger partial charge in [-0.05, 0) is 43.2 Å². The molecule has 158 valence electrons. The maximum Gasteiger partial charge on any atom is 0.251 e. The van der Waals surface area contributed by atoms with Crippen LogP contribution in [0.25, 0.3) is 11.0 Å². The van der Waals surface area contributed by atoms with E-state index < -0.39 is 10.0 Å². The number of sulfonamides is 1. The Morgan fingerprint density at radius 3 is 2.77 bits per heavy atom. The van der Waals surface area contributed by atoms with Crippen molar-refractivity contribution < 1.29 is 13.2 Å². The van der Waals surface area contributed by atoms with Crippen molar-refractivity contribution in [2.75, 3.05) is 23.1 Å². The summed E-state index contributed by atoms with van der Waals surface area (Å²) in [4.78, 5) is 17.3. The molecule has 0 spiro atoms. The van der Waals surface area contributed by atoms with Gasteiger partial charge in [0.05, 0.1) is 27.5 Å². The van der Waals surface area contributed by atoms with Gasteiger partial charge in [-0.2, -0.15) is 0 Å². The number of amides is 1. The lowest BCUT2D eigenvalue weighted by Crippen LogP contribution is -2.38. The number of rotatable bonds is 5. The number of imidazole rings is 1. The molecule has 1 fully saturated rings. The van der Waals surface area contributed by atoms with Crippen LogP contribution in [0.4, 0.5) is 5.69 Å². The quantitative estimate of drug-likeness (QED) is 0.652. The number of nitrogens with one attached hydrogen (secondary N) is 1. The molecular weight excluding hydrogens is 424 g/mol. The number of halogens is 1. The van der Waals surface area contributed by atoms with Gasteiger partial charge in [0.25, 0.3) is 5.91 Å². The van der Waals surface area contributed by atoms with Crippen LogP contribution in [0.5, 0.6) is 0 Å². The topological polar surface area (TPSA) is 84.3 Å². The molecule has 0 bridgehead atoms. The van der Waals surface area contributed by atoms with Crippen LogP contribution in [0, 0.1) is 0 Å². The first-order chi connectivity index (χ1) is 14.4.